The molecule has 2 atom stereocenters. The molecule has 88 valence electrons. The SMILES string of the molecule is CC1CN(CC(=O)c2ccc(Cl)s2)CC1C. The third-order valence-electron chi connectivity index (χ3n) is 3.28. The number of hydrogen-bond acceptors (Lipinski definition) is 3. The molecule has 0 radical (unpaired) electrons. The van der Waals surface area contributed by atoms with Gasteiger partial charge in [0.2, 0.25) is 0 Å². The summed E-state index contributed by atoms with van der Waals surface area (Å²) < 4.78 is 0.687. The second-order valence-corrected chi connectivity index (χ2v) is 6.39. The molecule has 1 aromatic rings. The predicted molar refractivity (Wildman–Crippen MR) is 68.4 cm³/mol. The molecule has 0 saturated carbocycles. The maximum Gasteiger partial charge on any atom is 0.186 e. The van der Waals surface area contributed by atoms with Crippen LogP contribution in [0.25, 0.3) is 0 Å². The highest BCUT2D eigenvalue weighted by Gasteiger charge is 2.27. The van der Waals surface area contributed by atoms with Crippen molar-refractivity contribution in [3.8, 4) is 0 Å². The molecule has 1 fully saturated rings. The smallest absolute Gasteiger partial charge is 0.186 e. The van der Waals surface area contributed by atoms with Crippen LogP contribution in [0.1, 0.15) is 23.5 Å². The van der Waals surface area contributed by atoms with Crippen molar-refractivity contribution >= 4 is 28.7 Å². The largest absolute Gasteiger partial charge is 0.295 e. The van der Waals surface area contributed by atoms with Crippen molar-refractivity contribution in [2.75, 3.05) is 19.6 Å². The second-order valence-electron chi connectivity index (χ2n) is 4.68. The first-order valence-corrected chi connectivity index (χ1v) is 6.76. The van der Waals surface area contributed by atoms with Gasteiger partial charge in [-0.1, -0.05) is 25.4 Å². The number of thiophene rings is 1. The lowest BCUT2D eigenvalue weighted by atomic mass is 10.0. The number of carbonyl (C=O) groups is 1. The Balaban J connectivity index is 1.93. The summed E-state index contributed by atoms with van der Waals surface area (Å²) in [5.41, 5.74) is 0. The highest BCUT2D eigenvalue weighted by molar-refractivity contribution is 7.18. The van der Waals surface area contributed by atoms with E-state index in [2.05, 4.69) is 18.7 Å². The normalized spacial score (nSPS) is 26.2. The summed E-state index contributed by atoms with van der Waals surface area (Å²) in [6.07, 6.45) is 0. The topological polar surface area (TPSA) is 20.3 Å². The predicted octanol–water partition coefficient (Wildman–Crippen LogP) is 3.17. The lowest BCUT2D eigenvalue weighted by Gasteiger charge is -2.13. The van der Waals surface area contributed by atoms with Crippen molar-refractivity contribution in [2.24, 2.45) is 11.8 Å². The Morgan fingerprint density at radius 2 is 2.06 bits per heavy atom. The Bertz CT molecular complexity index is 380. The molecule has 2 rings (SSSR count). The van der Waals surface area contributed by atoms with Crippen LogP contribution >= 0.6 is 22.9 Å². The second kappa shape index (κ2) is 4.86. The summed E-state index contributed by atoms with van der Waals surface area (Å²) in [4.78, 5) is 15.0. The molecular weight excluding hydrogens is 242 g/mol. The van der Waals surface area contributed by atoms with Gasteiger partial charge in [-0.15, -0.1) is 11.3 Å². The Morgan fingerprint density at radius 3 is 2.56 bits per heavy atom. The molecule has 16 heavy (non-hydrogen) atoms. The summed E-state index contributed by atoms with van der Waals surface area (Å²) in [6.45, 7) is 7.10. The van der Waals surface area contributed by atoms with Crippen molar-refractivity contribution in [1.29, 1.82) is 0 Å². The number of rotatable bonds is 3. The standard InChI is InChI=1S/C12H16ClNOS/c1-8-5-14(6-9(8)2)7-10(15)11-3-4-12(13)16-11/h3-4,8-9H,5-7H2,1-2H3. The Labute approximate surface area is 105 Å². The van der Waals surface area contributed by atoms with Gasteiger partial charge >= 0.3 is 0 Å². The van der Waals surface area contributed by atoms with E-state index in [4.69, 9.17) is 11.6 Å². The fraction of sp³-hybridized carbons (Fsp3) is 0.583. The summed E-state index contributed by atoms with van der Waals surface area (Å²) in [7, 11) is 0. The molecule has 1 aromatic heterocycles. The third kappa shape index (κ3) is 2.65. The summed E-state index contributed by atoms with van der Waals surface area (Å²) >= 11 is 7.19. The van der Waals surface area contributed by atoms with Crippen molar-refractivity contribution in [2.45, 2.75) is 13.8 Å². The van der Waals surface area contributed by atoms with Gasteiger partial charge in [-0.25, -0.2) is 0 Å². The first-order chi connectivity index (χ1) is 7.56. The van der Waals surface area contributed by atoms with E-state index in [9.17, 15) is 4.79 Å². The zero-order valence-corrected chi connectivity index (χ0v) is 11.1. The van der Waals surface area contributed by atoms with E-state index in [1.165, 1.54) is 11.3 Å². The van der Waals surface area contributed by atoms with Crippen LogP contribution in [-0.4, -0.2) is 30.3 Å². The summed E-state index contributed by atoms with van der Waals surface area (Å²) in [5, 5.41) is 0. The third-order valence-corrected chi connectivity index (χ3v) is 4.55. The van der Waals surface area contributed by atoms with Crippen molar-refractivity contribution in [3.05, 3.63) is 21.3 Å². The molecule has 1 saturated heterocycles. The molecule has 2 unspecified atom stereocenters. The van der Waals surface area contributed by atoms with Gasteiger partial charge < -0.3 is 0 Å². The number of carbonyl (C=O) groups excluding carboxylic acids is 1. The van der Waals surface area contributed by atoms with E-state index in [1.54, 1.807) is 6.07 Å². The van der Waals surface area contributed by atoms with Gasteiger partial charge in [0.05, 0.1) is 15.8 Å². The minimum absolute atomic E-state index is 0.193. The van der Waals surface area contributed by atoms with Crippen molar-refractivity contribution in [1.82, 2.24) is 4.90 Å². The fourth-order valence-electron chi connectivity index (χ4n) is 2.12. The quantitative estimate of drug-likeness (QED) is 0.776. The minimum atomic E-state index is 0.193. The summed E-state index contributed by atoms with van der Waals surface area (Å²) in [6, 6.07) is 3.60. The van der Waals surface area contributed by atoms with Gasteiger partial charge in [-0.3, -0.25) is 9.69 Å². The molecule has 1 aliphatic rings. The molecule has 0 spiro atoms. The molecule has 0 aliphatic carbocycles. The number of hydrogen-bond donors (Lipinski definition) is 0. The zero-order chi connectivity index (χ0) is 11.7. The lowest BCUT2D eigenvalue weighted by molar-refractivity contribution is 0.0946. The number of ketones is 1. The van der Waals surface area contributed by atoms with Crippen LogP contribution in [0.15, 0.2) is 12.1 Å². The number of likely N-dealkylation sites (tertiary alicyclic amines) is 1. The molecule has 2 nitrogen and oxygen atoms in total. The maximum atomic E-state index is 11.9. The lowest BCUT2D eigenvalue weighted by Crippen LogP contribution is -2.27. The zero-order valence-electron chi connectivity index (χ0n) is 9.57. The van der Waals surface area contributed by atoms with Gasteiger partial charge in [0, 0.05) is 13.1 Å². The van der Waals surface area contributed by atoms with Crippen molar-refractivity contribution < 1.29 is 4.79 Å². The van der Waals surface area contributed by atoms with E-state index in [0.29, 0.717) is 22.7 Å². The van der Waals surface area contributed by atoms with Gasteiger partial charge in [-0.05, 0) is 24.0 Å². The van der Waals surface area contributed by atoms with Crippen LogP contribution in [-0.2, 0) is 0 Å². The fourth-order valence-corrected chi connectivity index (χ4v) is 3.10. The average Bonchev–Trinajstić information content (AvgIpc) is 2.75. The minimum Gasteiger partial charge on any atom is -0.295 e. The van der Waals surface area contributed by atoms with Crippen LogP contribution < -0.4 is 0 Å². The van der Waals surface area contributed by atoms with Gasteiger partial charge in [0.25, 0.3) is 0 Å². The van der Waals surface area contributed by atoms with Crippen LogP contribution in [0.4, 0.5) is 0 Å². The Hall–Kier alpha value is -0.380. The Morgan fingerprint density at radius 1 is 1.44 bits per heavy atom. The summed E-state index contributed by atoms with van der Waals surface area (Å²) in [5.74, 6) is 1.58. The van der Waals surface area contributed by atoms with Crippen LogP contribution in [0.5, 0.6) is 0 Å². The van der Waals surface area contributed by atoms with E-state index >= 15 is 0 Å². The molecule has 0 amide bonds. The van der Waals surface area contributed by atoms with E-state index in [0.717, 1.165) is 18.0 Å². The highest BCUT2D eigenvalue weighted by Crippen LogP contribution is 2.25. The maximum absolute atomic E-state index is 11.9. The van der Waals surface area contributed by atoms with Gasteiger partial charge in [-0.2, -0.15) is 0 Å². The van der Waals surface area contributed by atoms with Crippen LogP contribution in [0, 0.1) is 11.8 Å². The van der Waals surface area contributed by atoms with Gasteiger partial charge in [0.1, 0.15) is 0 Å². The number of nitrogens with zero attached hydrogens (tertiary/aromatic N) is 1. The van der Waals surface area contributed by atoms with E-state index < -0.39 is 0 Å². The molecule has 0 aromatic carbocycles. The van der Waals surface area contributed by atoms with E-state index in [-0.39, 0.29) is 5.78 Å². The van der Waals surface area contributed by atoms with Crippen LogP contribution in [0.2, 0.25) is 4.34 Å². The number of halogens is 1. The molecule has 4 heteroatoms. The van der Waals surface area contributed by atoms with E-state index in [1.807, 2.05) is 6.07 Å². The number of Topliss-reactive ketones (excluding diaryl/α,β-unsaturated/α-hetero) is 1. The molecular formula is C12H16ClNOS. The van der Waals surface area contributed by atoms with Crippen LogP contribution in [0.3, 0.4) is 0 Å². The Kier molecular flexibility index (Phi) is 3.67. The average molecular weight is 258 g/mol. The molecule has 1 aliphatic heterocycles. The molecule has 0 N–H and O–H groups in total. The first kappa shape index (κ1) is 12.1. The molecule has 0 bridgehead atoms. The highest BCUT2D eigenvalue weighted by atomic mass is 35.5. The first-order valence-electron chi connectivity index (χ1n) is 5.57. The van der Waals surface area contributed by atoms with Crippen molar-refractivity contribution in [3.63, 3.8) is 0 Å². The monoisotopic (exact) mass is 257 g/mol. The molecule has 2 heterocycles. The van der Waals surface area contributed by atoms with Gasteiger partial charge in [0.15, 0.2) is 5.78 Å².